The Morgan fingerprint density at radius 3 is 2.75 bits per heavy atom. The Balaban J connectivity index is 2.25. The summed E-state index contributed by atoms with van der Waals surface area (Å²) in [6, 6.07) is 5.60. The number of rotatable bonds is 0. The predicted octanol–water partition coefficient (Wildman–Crippen LogP) is 1.55. The smallest absolute Gasteiger partial charge is 0.162 e. The summed E-state index contributed by atoms with van der Waals surface area (Å²) in [7, 11) is 0. The van der Waals surface area contributed by atoms with Crippen LogP contribution in [0.2, 0.25) is 0 Å². The molecule has 0 saturated carbocycles. The molecule has 2 rings (SSSR count). The SMILES string of the molecule is CC(N)C#Cc1ccc2c(c1)OCCCO2. The molecule has 3 nitrogen and oxygen atoms in total. The molecular weight excluding hydrogens is 202 g/mol. The lowest BCUT2D eigenvalue weighted by molar-refractivity contribution is 0.297. The molecule has 3 heteroatoms. The zero-order valence-corrected chi connectivity index (χ0v) is 9.32. The van der Waals surface area contributed by atoms with Gasteiger partial charge in [-0.25, -0.2) is 0 Å². The molecule has 16 heavy (non-hydrogen) atoms. The van der Waals surface area contributed by atoms with Crippen molar-refractivity contribution in [1.82, 2.24) is 0 Å². The summed E-state index contributed by atoms with van der Waals surface area (Å²) in [5.74, 6) is 7.49. The number of ether oxygens (including phenoxy) is 2. The maximum atomic E-state index is 5.57. The van der Waals surface area contributed by atoms with E-state index in [-0.39, 0.29) is 6.04 Å². The fourth-order valence-corrected chi connectivity index (χ4v) is 1.44. The van der Waals surface area contributed by atoms with Gasteiger partial charge in [0.25, 0.3) is 0 Å². The minimum atomic E-state index is -0.115. The van der Waals surface area contributed by atoms with Crippen molar-refractivity contribution in [2.45, 2.75) is 19.4 Å². The highest BCUT2D eigenvalue weighted by Crippen LogP contribution is 2.29. The molecule has 1 aromatic carbocycles. The minimum absolute atomic E-state index is 0.115. The molecule has 1 atom stereocenters. The number of benzene rings is 1. The van der Waals surface area contributed by atoms with Gasteiger partial charge >= 0.3 is 0 Å². The maximum Gasteiger partial charge on any atom is 0.162 e. The van der Waals surface area contributed by atoms with Crippen LogP contribution in [0.5, 0.6) is 11.5 Å². The monoisotopic (exact) mass is 217 g/mol. The van der Waals surface area contributed by atoms with E-state index in [1.807, 2.05) is 25.1 Å². The molecule has 0 aliphatic carbocycles. The summed E-state index contributed by atoms with van der Waals surface area (Å²) < 4.78 is 11.1. The first kappa shape index (κ1) is 10.8. The average molecular weight is 217 g/mol. The third-order valence-electron chi connectivity index (χ3n) is 2.19. The second-order valence-corrected chi connectivity index (χ2v) is 3.77. The summed E-state index contributed by atoms with van der Waals surface area (Å²) in [6.07, 6.45) is 0.912. The van der Waals surface area contributed by atoms with Crippen LogP contribution in [0.15, 0.2) is 18.2 Å². The highest BCUT2D eigenvalue weighted by atomic mass is 16.5. The molecule has 1 aromatic rings. The molecule has 84 valence electrons. The molecule has 0 fully saturated rings. The van der Waals surface area contributed by atoms with Crippen molar-refractivity contribution in [3.63, 3.8) is 0 Å². The Labute approximate surface area is 95.5 Å². The van der Waals surface area contributed by atoms with Crippen molar-refractivity contribution in [1.29, 1.82) is 0 Å². The van der Waals surface area contributed by atoms with E-state index in [4.69, 9.17) is 15.2 Å². The quantitative estimate of drug-likeness (QED) is 0.670. The van der Waals surface area contributed by atoms with E-state index in [1.165, 1.54) is 0 Å². The molecule has 1 heterocycles. The normalized spacial score (nSPS) is 15.6. The van der Waals surface area contributed by atoms with E-state index in [0.717, 1.165) is 23.5 Å². The number of nitrogens with two attached hydrogens (primary N) is 1. The zero-order chi connectivity index (χ0) is 11.4. The van der Waals surface area contributed by atoms with Gasteiger partial charge in [0.1, 0.15) is 0 Å². The Morgan fingerprint density at radius 2 is 2.00 bits per heavy atom. The molecule has 0 radical (unpaired) electrons. The molecule has 1 aliphatic rings. The second-order valence-electron chi connectivity index (χ2n) is 3.77. The topological polar surface area (TPSA) is 44.5 Å². The zero-order valence-electron chi connectivity index (χ0n) is 9.32. The van der Waals surface area contributed by atoms with E-state index in [2.05, 4.69) is 11.8 Å². The Bertz CT molecular complexity index is 429. The van der Waals surface area contributed by atoms with Crippen LogP contribution in [0.1, 0.15) is 18.9 Å². The van der Waals surface area contributed by atoms with Gasteiger partial charge in [-0.3, -0.25) is 0 Å². The first-order valence-corrected chi connectivity index (χ1v) is 5.42. The Kier molecular flexibility index (Phi) is 3.33. The molecule has 0 saturated heterocycles. The van der Waals surface area contributed by atoms with Crippen LogP contribution < -0.4 is 15.2 Å². The van der Waals surface area contributed by atoms with Gasteiger partial charge in [-0.15, -0.1) is 0 Å². The van der Waals surface area contributed by atoms with Crippen molar-refractivity contribution < 1.29 is 9.47 Å². The van der Waals surface area contributed by atoms with Crippen LogP contribution in [0, 0.1) is 11.8 Å². The molecule has 0 spiro atoms. The van der Waals surface area contributed by atoms with Gasteiger partial charge in [0.05, 0.1) is 19.3 Å². The summed E-state index contributed by atoms with van der Waals surface area (Å²) in [6.45, 7) is 3.26. The van der Waals surface area contributed by atoms with Crippen molar-refractivity contribution in [2.75, 3.05) is 13.2 Å². The van der Waals surface area contributed by atoms with Gasteiger partial charge in [-0.05, 0) is 25.1 Å². The van der Waals surface area contributed by atoms with Crippen LogP contribution in [-0.2, 0) is 0 Å². The van der Waals surface area contributed by atoms with Gasteiger partial charge in [0.15, 0.2) is 11.5 Å². The molecule has 0 aromatic heterocycles. The van der Waals surface area contributed by atoms with Gasteiger partial charge in [-0.1, -0.05) is 11.8 Å². The highest BCUT2D eigenvalue weighted by molar-refractivity contribution is 5.48. The first-order chi connectivity index (χ1) is 7.75. The standard InChI is InChI=1S/C13H15NO2/c1-10(14)3-4-11-5-6-12-13(9-11)16-8-2-7-15-12/h5-6,9-10H,2,7-8,14H2,1H3. The minimum Gasteiger partial charge on any atom is -0.490 e. The summed E-state index contributed by atoms with van der Waals surface area (Å²) in [5.41, 5.74) is 6.48. The lowest BCUT2D eigenvalue weighted by Gasteiger charge is -2.06. The predicted molar refractivity (Wildman–Crippen MR) is 62.6 cm³/mol. The fourth-order valence-electron chi connectivity index (χ4n) is 1.44. The molecule has 1 aliphatic heterocycles. The Morgan fingerprint density at radius 1 is 1.25 bits per heavy atom. The van der Waals surface area contributed by atoms with Gasteiger partial charge in [0.2, 0.25) is 0 Å². The molecule has 1 unspecified atom stereocenters. The van der Waals surface area contributed by atoms with Crippen molar-refractivity contribution in [3.8, 4) is 23.3 Å². The van der Waals surface area contributed by atoms with Crippen LogP contribution in [0.4, 0.5) is 0 Å². The van der Waals surface area contributed by atoms with Crippen molar-refractivity contribution in [2.24, 2.45) is 5.73 Å². The molecule has 0 bridgehead atoms. The second kappa shape index (κ2) is 4.91. The maximum absolute atomic E-state index is 5.57. The van der Waals surface area contributed by atoms with E-state index < -0.39 is 0 Å². The molecule has 2 N–H and O–H groups in total. The van der Waals surface area contributed by atoms with E-state index >= 15 is 0 Å². The van der Waals surface area contributed by atoms with E-state index in [0.29, 0.717) is 13.2 Å². The highest BCUT2D eigenvalue weighted by Gasteiger charge is 2.09. The van der Waals surface area contributed by atoms with Crippen molar-refractivity contribution in [3.05, 3.63) is 23.8 Å². The summed E-state index contributed by atoms with van der Waals surface area (Å²) in [5, 5.41) is 0. The van der Waals surface area contributed by atoms with E-state index in [9.17, 15) is 0 Å². The summed E-state index contributed by atoms with van der Waals surface area (Å²) in [4.78, 5) is 0. The summed E-state index contributed by atoms with van der Waals surface area (Å²) >= 11 is 0. The average Bonchev–Trinajstić information content (AvgIpc) is 2.50. The van der Waals surface area contributed by atoms with Gasteiger partial charge in [-0.2, -0.15) is 0 Å². The lowest BCUT2D eigenvalue weighted by Crippen LogP contribution is -2.10. The van der Waals surface area contributed by atoms with Crippen LogP contribution >= 0.6 is 0 Å². The third-order valence-corrected chi connectivity index (χ3v) is 2.19. The van der Waals surface area contributed by atoms with Gasteiger partial charge < -0.3 is 15.2 Å². The number of hydrogen-bond donors (Lipinski definition) is 1. The Hall–Kier alpha value is -1.66. The molecular formula is C13H15NO2. The van der Waals surface area contributed by atoms with Crippen molar-refractivity contribution >= 4 is 0 Å². The third kappa shape index (κ3) is 2.68. The molecule has 0 amide bonds. The van der Waals surface area contributed by atoms with Crippen LogP contribution in [-0.4, -0.2) is 19.3 Å². The van der Waals surface area contributed by atoms with Crippen LogP contribution in [0.25, 0.3) is 0 Å². The van der Waals surface area contributed by atoms with Crippen LogP contribution in [0.3, 0.4) is 0 Å². The largest absolute Gasteiger partial charge is 0.490 e. The number of hydrogen-bond acceptors (Lipinski definition) is 3. The first-order valence-electron chi connectivity index (χ1n) is 5.42. The fraction of sp³-hybridized carbons (Fsp3) is 0.385. The van der Waals surface area contributed by atoms with E-state index in [1.54, 1.807) is 0 Å². The van der Waals surface area contributed by atoms with Gasteiger partial charge in [0, 0.05) is 12.0 Å². The number of fused-ring (bicyclic) bond motifs is 1. The lowest BCUT2D eigenvalue weighted by atomic mass is 10.2.